The van der Waals surface area contributed by atoms with Gasteiger partial charge in [0, 0.05) is 18.7 Å². The van der Waals surface area contributed by atoms with Crippen LogP contribution in [-0.4, -0.2) is 18.0 Å². The number of nitrogens with two attached hydrogens (primary N) is 1. The standard InChI is InChI=1S/C22H22N4O2/c1-28-22-13-11-18(15-25-22)24-14-17-8-6-16(7-9-17)10-12-21(27)26-20-5-3-2-4-19(20)23/h2-13,15,24H,14,23H2,1H3,(H,26,27)/b12-10+. The third-order valence-electron chi connectivity index (χ3n) is 4.07. The number of hydrogen-bond acceptors (Lipinski definition) is 5. The Morgan fingerprint density at radius 3 is 2.57 bits per heavy atom. The number of rotatable bonds is 7. The van der Waals surface area contributed by atoms with Gasteiger partial charge in [-0.25, -0.2) is 4.98 Å². The Hall–Kier alpha value is -3.80. The van der Waals surface area contributed by atoms with Crippen LogP contribution in [0.5, 0.6) is 5.88 Å². The van der Waals surface area contributed by atoms with Crippen LogP contribution < -0.4 is 21.1 Å². The van der Waals surface area contributed by atoms with Crippen molar-refractivity contribution in [3.05, 3.63) is 84.1 Å². The molecule has 0 aliphatic heterocycles. The summed E-state index contributed by atoms with van der Waals surface area (Å²) in [6.07, 6.45) is 4.98. The highest BCUT2D eigenvalue weighted by Crippen LogP contribution is 2.17. The van der Waals surface area contributed by atoms with Gasteiger partial charge in [0.05, 0.1) is 30.4 Å². The first-order chi connectivity index (χ1) is 13.6. The first-order valence-corrected chi connectivity index (χ1v) is 8.80. The molecule has 0 atom stereocenters. The summed E-state index contributed by atoms with van der Waals surface area (Å²) in [5.41, 5.74) is 9.94. The van der Waals surface area contributed by atoms with Gasteiger partial charge in [-0.1, -0.05) is 36.4 Å². The van der Waals surface area contributed by atoms with Crippen molar-refractivity contribution < 1.29 is 9.53 Å². The van der Waals surface area contributed by atoms with Crippen molar-refractivity contribution in [2.45, 2.75) is 6.54 Å². The first-order valence-electron chi connectivity index (χ1n) is 8.80. The fraction of sp³-hybridized carbons (Fsp3) is 0.0909. The molecule has 1 amide bonds. The molecule has 6 heteroatoms. The van der Waals surface area contributed by atoms with Gasteiger partial charge in [-0.15, -0.1) is 0 Å². The van der Waals surface area contributed by atoms with Crippen molar-refractivity contribution >= 4 is 29.0 Å². The highest BCUT2D eigenvalue weighted by atomic mass is 16.5. The lowest BCUT2D eigenvalue weighted by atomic mass is 10.1. The number of nitrogens with one attached hydrogen (secondary N) is 2. The molecular weight excluding hydrogens is 352 g/mol. The predicted molar refractivity (Wildman–Crippen MR) is 113 cm³/mol. The van der Waals surface area contributed by atoms with Gasteiger partial charge in [0.25, 0.3) is 0 Å². The summed E-state index contributed by atoms with van der Waals surface area (Å²) in [7, 11) is 1.59. The second-order valence-electron chi connectivity index (χ2n) is 6.09. The minimum Gasteiger partial charge on any atom is -0.481 e. The fourth-order valence-electron chi connectivity index (χ4n) is 2.51. The molecule has 0 unspecified atom stereocenters. The monoisotopic (exact) mass is 374 g/mol. The summed E-state index contributed by atoms with van der Waals surface area (Å²) in [6.45, 7) is 0.672. The van der Waals surface area contributed by atoms with E-state index in [0.29, 0.717) is 23.8 Å². The predicted octanol–water partition coefficient (Wildman–Crippen LogP) is 3.94. The van der Waals surface area contributed by atoms with Crippen molar-refractivity contribution in [2.24, 2.45) is 0 Å². The number of methoxy groups -OCH3 is 1. The zero-order valence-electron chi connectivity index (χ0n) is 15.6. The topological polar surface area (TPSA) is 89.3 Å². The zero-order chi connectivity index (χ0) is 19.8. The Labute approximate surface area is 164 Å². The molecule has 0 radical (unpaired) electrons. The molecule has 1 heterocycles. The molecule has 0 saturated heterocycles. The Morgan fingerprint density at radius 1 is 1.11 bits per heavy atom. The number of ether oxygens (including phenoxy) is 1. The van der Waals surface area contributed by atoms with E-state index in [1.54, 1.807) is 31.5 Å². The molecule has 1 aromatic heterocycles. The van der Waals surface area contributed by atoms with E-state index in [1.807, 2.05) is 48.5 Å². The van der Waals surface area contributed by atoms with Gasteiger partial charge in [0.1, 0.15) is 0 Å². The van der Waals surface area contributed by atoms with Crippen molar-refractivity contribution in [3.8, 4) is 5.88 Å². The van der Waals surface area contributed by atoms with E-state index in [4.69, 9.17) is 10.5 Å². The Balaban J connectivity index is 1.52. The minimum absolute atomic E-state index is 0.226. The molecule has 28 heavy (non-hydrogen) atoms. The average molecular weight is 374 g/mol. The normalized spacial score (nSPS) is 10.6. The molecule has 0 fully saturated rings. The minimum atomic E-state index is -0.226. The van der Waals surface area contributed by atoms with E-state index in [2.05, 4.69) is 15.6 Å². The number of nitrogen functional groups attached to an aromatic ring is 1. The van der Waals surface area contributed by atoms with Crippen LogP contribution in [0.25, 0.3) is 6.08 Å². The van der Waals surface area contributed by atoms with Crippen molar-refractivity contribution in [3.63, 3.8) is 0 Å². The van der Waals surface area contributed by atoms with Gasteiger partial charge >= 0.3 is 0 Å². The molecule has 2 aromatic carbocycles. The largest absolute Gasteiger partial charge is 0.481 e. The molecule has 0 bridgehead atoms. The average Bonchev–Trinajstić information content (AvgIpc) is 2.73. The van der Waals surface area contributed by atoms with Gasteiger partial charge < -0.3 is 21.1 Å². The quantitative estimate of drug-likeness (QED) is 0.431. The number of aromatic nitrogens is 1. The molecule has 142 valence electrons. The van der Waals surface area contributed by atoms with Crippen LogP contribution >= 0.6 is 0 Å². The number of para-hydroxylation sites is 2. The second kappa shape index (κ2) is 9.23. The van der Waals surface area contributed by atoms with Crippen LogP contribution in [-0.2, 0) is 11.3 Å². The van der Waals surface area contributed by atoms with Gasteiger partial charge in [-0.05, 0) is 35.4 Å². The molecule has 4 N–H and O–H groups in total. The van der Waals surface area contributed by atoms with E-state index < -0.39 is 0 Å². The van der Waals surface area contributed by atoms with E-state index in [-0.39, 0.29) is 5.91 Å². The number of pyridine rings is 1. The molecule has 6 nitrogen and oxygen atoms in total. The maximum Gasteiger partial charge on any atom is 0.248 e. The molecule has 0 saturated carbocycles. The number of carbonyl (C=O) groups excluding carboxylic acids is 1. The molecular formula is C22H22N4O2. The highest BCUT2D eigenvalue weighted by molar-refractivity contribution is 6.03. The summed E-state index contributed by atoms with van der Waals surface area (Å²) < 4.78 is 5.04. The van der Waals surface area contributed by atoms with E-state index in [9.17, 15) is 4.79 Å². The van der Waals surface area contributed by atoms with Crippen LogP contribution in [0.1, 0.15) is 11.1 Å². The summed E-state index contributed by atoms with van der Waals surface area (Å²) in [6, 6.07) is 18.8. The van der Waals surface area contributed by atoms with E-state index in [1.165, 1.54) is 6.08 Å². The van der Waals surface area contributed by atoms with Crippen molar-refractivity contribution in [2.75, 3.05) is 23.5 Å². The maximum absolute atomic E-state index is 12.0. The lowest BCUT2D eigenvalue weighted by molar-refractivity contribution is -0.111. The third-order valence-corrected chi connectivity index (χ3v) is 4.07. The van der Waals surface area contributed by atoms with Crippen LogP contribution in [0.3, 0.4) is 0 Å². The summed E-state index contributed by atoms with van der Waals surface area (Å²) in [5.74, 6) is 0.358. The summed E-state index contributed by atoms with van der Waals surface area (Å²) >= 11 is 0. The molecule has 0 spiro atoms. The second-order valence-corrected chi connectivity index (χ2v) is 6.09. The number of anilines is 3. The fourth-order valence-corrected chi connectivity index (χ4v) is 2.51. The summed E-state index contributed by atoms with van der Waals surface area (Å²) in [5, 5.41) is 6.07. The SMILES string of the molecule is COc1ccc(NCc2ccc(/C=C/C(=O)Nc3ccccc3N)cc2)cn1. The number of nitrogens with zero attached hydrogens (tertiary/aromatic N) is 1. The van der Waals surface area contributed by atoms with Gasteiger partial charge in [0.15, 0.2) is 0 Å². The number of carbonyl (C=O) groups is 1. The molecule has 3 aromatic rings. The lowest BCUT2D eigenvalue weighted by Gasteiger charge is -2.07. The third kappa shape index (κ3) is 5.35. The molecule has 3 rings (SSSR count). The first kappa shape index (κ1) is 19.0. The van der Waals surface area contributed by atoms with Gasteiger partial charge in [-0.2, -0.15) is 0 Å². The van der Waals surface area contributed by atoms with Gasteiger partial charge in [0.2, 0.25) is 11.8 Å². The van der Waals surface area contributed by atoms with Crippen LogP contribution in [0.4, 0.5) is 17.1 Å². The smallest absolute Gasteiger partial charge is 0.248 e. The van der Waals surface area contributed by atoms with Crippen molar-refractivity contribution in [1.29, 1.82) is 0 Å². The lowest BCUT2D eigenvalue weighted by Crippen LogP contribution is -2.09. The highest BCUT2D eigenvalue weighted by Gasteiger charge is 2.01. The Morgan fingerprint density at radius 2 is 1.89 bits per heavy atom. The van der Waals surface area contributed by atoms with Crippen LogP contribution in [0.15, 0.2) is 72.9 Å². The van der Waals surface area contributed by atoms with Crippen molar-refractivity contribution in [1.82, 2.24) is 4.98 Å². The Bertz CT molecular complexity index is 951. The zero-order valence-corrected chi connectivity index (χ0v) is 15.6. The van der Waals surface area contributed by atoms with E-state index >= 15 is 0 Å². The number of amides is 1. The molecule has 0 aliphatic rings. The molecule has 0 aliphatic carbocycles. The van der Waals surface area contributed by atoms with Crippen LogP contribution in [0, 0.1) is 0 Å². The summed E-state index contributed by atoms with van der Waals surface area (Å²) in [4.78, 5) is 16.2. The van der Waals surface area contributed by atoms with Crippen LogP contribution in [0.2, 0.25) is 0 Å². The maximum atomic E-state index is 12.0. The Kier molecular flexibility index (Phi) is 6.25. The van der Waals surface area contributed by atoms with E-state index in [0.717, 1.165) is 16.8 Å². The number of hydrogen-bond donors (Lipinski definition) is 3. The van der Waals surface area contributed by atoms with Gasteiger partial charge in [-0.3, -0.25) is 4.79 Å². The number of benzene rings is 2.